The van der Waals surface area contributed by atoms with E-state index in [0.717, 1.165) is 28.1 Å². The van der Waals surface area contributed by atoms with Gasteiger partial charge in [-0.05, 0) is 84.6 Å². The van der Waals surface area contributed by atoms with Crippen LogP contribution < -0.4 is 10.6 Å². The first-order valence-electron chi connectivity index (χ1n) is 8.61. The molecule has 1 heterocycles. The molecule has 0 bridgehead atoms. The average Bonchev–Trinajstić information content (AvgIpc) is 2.69. The topological polar surface area (TPSA) is 110 Å². The summed E-state index contributed by atoms with van der Waals surface area (Å²) in [5.74, 6) is 0.578. The highest BCUT2D eigenvalue weighted by Gasteiger charge is 2.10. The summed E-state index contributed by atoms with van der Waals surface area (Å²) in [6, 6.07) is 14.9. The van der Waals surface area contributed by atoms with Crippen LogP contribution in [0.2, 0.25) is 5.28 Å². The summed E-state index contributed by atoms with van der Waals surface area (Å²) in [6.45, 7) is 3.91. The molecule has 0 saturated heterocycles. The highest BCUT2D eigenvalue weighted by Crippen LogP contribution is 2.26. The summed E-state index contributed by atoms with van der Waals surface area (Å²) in [5.41, 5.74) is 5.01. The van der Waals surface area contributed by atoms with Crippen molar-refractivity contribution in [2.75, 3.05) is 10.6 Å². The van der Waals surface area contributed by atoms with Gasteiger partial charge in [-0.15, -0.1) is 0 Å². The minimum atomic E-state index is 0.0440. The van der Waals surface area contributed by atoms with E-state index < -0.39 is 0 Å². The summed E-state index contributed by atoms with van der Waals surface area (Å²) in [4.78, 5) is 12.6. The third-order valence-electron chi connectivity index (χ3n) is 4.02. The van der Waals surface area contributed by atoms with Crippen LogP contribution >= 0.6 is 11.6 Å². The van der Waals surface area contributed by atoms with E-state index in [1.54, 1.807) is 30.3 Å². The van der Waals surface area contributed by atoms with E-state index in [9.17, 15) is 0 Å². The minimum Gasteiger partial charge on any atom is -0.324 e. The number of anilines is 4. The number of hydrogen-bond donors (Lipinski definition) is 2. The number of nitrogens with one attached hydrogen (secondary N) is 2. The summed E-state index contributed by atoms with van der Waals surface area (Å²) in [5, 5.41) is 23.9. The Morgan fingerprint density at radius 2 is 1.55 bits per heavy atom. The summed E-state index contributed by atoms with van der Waals surface area (Å²) in [6.07, 6.45) is 3.19. The number of benzene rings is 2. The molecule has 0 spiro atoms. The first kappa shape index (κ1) is 19.8. The molecule has 1 aromatic heterocycles. The van der Waals surface area contributed by atoms with Crippen molar-refractivity contribution in [3.63, 3.8) is 0 Å². The number of rotatable bonds is 5. The lowest BCUT2D eigenvalue weighted by atomic mass is 10.0. The van der Waals surface area contributed by atoms with Crippen molar-refractivity contribution in [2.45, 2.75) is 13.8 Å². The summed E-state index contributed by atoms with van der Waals surface area (Å²) in [7, 11) is 0. The zero-order valence-corrected chi connectivity index (χ0v) is 16.5. The highest BCUT2D eigenvalue weighted by molar-refractivity contribution is 6.28. The van der Waals surface area contributed by atoms with Crippen molar-refractivity contribution in [1.82, 2.24) is 15.0 Å². The molecule has 8 heteroatoms. The lowest BCUT2D eigenvalue weighted by Crippen LogP contribution is -2.05. The maximum atomic E-state index is 8.89. The van der Waals surface area contributed by atoms with Crippen molar-refractivity contribution in [3.05, 3.63) is 70.0 Å². The molecule has 0 radical (unpaired) electrons. The normalized spacial score (nSPS) is 10.4. The number of aromatic nitrogens is 3. The SMILES string of the molecule is Cc1cc(C=CC#N)cc(C)c1Nc1nc(Cl)nc(Nc2ccc(C#N)cc2)n1. The highest BCUT2D eigenvalue weighted by atomic mass is 35.5. The molecule has 0 aliphatic rings. The van der Waals surface area contributed by atoms with Gasteiger partial charge in [-0.3, -0.25) is 0 Å². The Balaban J connectivity index is 1.86. The number of halogens is 1. The molecule has 0 aliphatic carbocycles. The van der Waals surface area contributed by atoms with Gasteiger partial charge in [-0.1, -0.05) is 0 Å². The molecule has 29 heavy (non-hydrogen) atoms. The van der Waals surface area contributed by atoms with Gasteiger partial charge in [0.05, 0.1) is 17.7 Å². The largest absolute Gasteiger partial charge is 0.324 e. The monoisotopic (exact) mass is 401 g/mol. The Bertz CT molecular complexity index is 1130. The first-order chi connectivity index (χ1) is 14.0. The fraction of sp³-hybridized carbons (Fsp3) is 0.0952. The van der Waals surface area contributed by atoms with Crippen molar-refractivity contribution in [3.8, 4) is 12.1 Å². The van der Waals surface area contributed by atoms with Crippen LogP contribution in [0.5, 0.6) is 0 Å². The van der Waals surface area contributed by atoms with E-state index in [1.807, 2.05) is 32.0 Å². The van der Waals surface area contributed by atoms with Gasteiger partial charge in [0.25, 0.3) is 0 Å². The second-order valence-electron chi connectivity index (χ2n) is 6.18. The number of nitriles is 2. The molecule has 142 valence electrons. The molecule has 0 saturated carbocycles. The molecule has 0 aliphatic heterocycles. The van der Waals surface area contributed by atoms with Gasteiger partial charge in [-0.2, -0.15) is 25.5 Å². The first-order valence-corrected chi connectivity index (χ1v) is 8.99. The number of nitrogens with zero attached hydrogens (tertiary/aromatic N) is 5. The quantitative estimate of drug-likeness (QED) is 0.576. The summed E-state index contributed by atoms with van der Waals surface area (Å²) >= 11 is 6.07. The van der Waals surface area contributed by atoms with Crippen LogP contribution in [-0.2, 0) is 0 Å². The molecule has 3 rings (SSSR count). The second-order valence-corrected chi connectivity index (χ2v) is 6.52. The van der Waals surface area contributed by atoms with Crippen LogP contribution in [0.1, 0.15) is 22.3 Å². The Labute approximate surface area is 173 Å². The van der Waals surface area contributed by atoms with Crippen LogP contribution in [0.15, 0.2) is 42.5 Å². The fourth-order valence-electron chi connectivity index (χ4n) is 2.75. The van der Waals surface area contributed by atoms with Crippen LogP contribution in [0, 0.1) is 36.5 Å². The van der Waals surface area contributed by atoms with Gasteiger partial charge in [0.15, 0.2) is 0 Å². The molecule has 0 amide bonds. The van der Waals surface area contributed by atoms with Gasteiger partial charge in [-0.25, -0.2) is 0 Å². The number of aryl methyl sites for hydroxylation is 2. The van der Waals surface area contributed by atoms with Crippen LogP contribution in [0.25, 0.3) is 6.08 Å². The van der Waals surface area contributed by atoms with Crippen LogP contribution in [-0.4, -0.2) is 15.0 Å². The molecule has 3 aromatic rings. The smallest absolute Gasteiger partial charge is 0.233 e. The predicted molar refractivity (Wildman–Crippen MR) is 113 cm³/mol. The van der Waals surface area contributed by atoms with Gasteiger partial charge < -0.3 is 10.6 Å². The van der Waals surface area contributed by atoms with Gasteiger partial charge >= 0.3 is 0 Å². The van der Waals surface area contributed by atoms with E-state index in [1.165, 1.54) is 6.08 Å². The van der Waals surface area contributed by atoms with E-state index in [-0.39, 0.29) is 11.2 Å². The predicted octanol–water partition coefficient (Wildman–Crippen LogP) is 5.04. The zero-order valence-electron chi connectivity index (χ0n) is 15.7. The number of hydrogen-bond acceptors (Lipinski definition) is 7. The standard InChI is InChI=1S/C21H16ClN7/c1-13-10-16(4-3-9-23)11-14(2)18(13)26-21-28-19(22)27-20(29-21)25-17-7-5-15(12-24)6-8-17/h3-8,10-11H,1-2H3,(H2,25,26,27,28,29). The molecule has 0 unspecified atom stereocenters. The maximum absolute atomic E-state index is 8.89. The van der Waals surface area contributed by atoms with Crippen LogP contribution in [0.3, 0.4) is 0 Å². The summed E-state index contributed by atoms with van der Waals surface area (Å²) < 4.78 is 0. The lowest BCUT2D eigenvalue weighted by Gasteiger charge is -2.13. The van der Waals surface area contributed by atoms with E-state index >= 15 is 0 Å². The molecular weight excluding hydrogens is 386 g/mol. The molecular formula is C21H16ClN7. The van der Waals surface area contributed by atoms with Crippen molar-refractivity contribution in [2.24, 2.45) is 0 Å². The van der Waals surface area contributed by atoms with Gasteiger partial charge in [0.1, 0.15) is 0 Å². The maximum Gasteiger partial charge on any atom is 0.233 e. The third-order valence-corrected chi connectivity index (χ3v) is 4.19. The van der Waals surface area contributed by atoms with E-state index in [4.69, 9.17) is 22.1 Å². The van der Waals surface area contributed by atoms with Crippen molar-refractivity contribution < 1.29 is 0 Å². The Kier molecular flexibility index (Phi) is 6.03. The molecule has 7 nitrogen and oxygen atoms in total. The molecule has 2 aromatic carbocycles. The minimum absolute atomic E-state index is 0.0440. The Morgan fingerprint density at radius 1 is 0.931 bits per heavy atom. The average molecular weight is 402 g/mol. The van der Waals surface area contributed by atoms with Crippen molar-refractivity contribution in [1.29, 1.82) is 10.5 Å². The van der Waals surface area contributed by atoms with Gasteiger partial charge in [0, 0.05) is 17.5 Å². The Hall–Kier alpha value is -3.94. The number of allylic oxidation sites excluding steroid dienone is 1. The molecule has 2 N–H and O–H groups in total. The van der Waals surface area contributed by atoms with E-state index in [0.29, 0.717) is 11.5 Å². The molecule has 0 atom stereocenters. The lowest BCUT2D eigenvalue weighted by molar-refractivity contribution is 1.06. The zero-order chi connectivity index (χ0) is 20.8. The second kappa shape index (κ2) is 8.83. The fourth-order valence-corrected chi connectivity index (χ4v) is 2.91. The van der Waals surface area contributed by atoms with Crippen LogP contribution in [0.4, 0.5) is 23.3 Å². The molecule has 0 fully saturated rings. The van der Waals surface area contributed by atoms with Crippen molar-refractivity contribution >= 4 is 40.9 Å². The Morgan fingerprint density at radius 3 is 2.14 bits per heavy atom. The van der Waals surface area contributed by atoms with Gasteiger partial charge in [0.2, 0.25) is 17.2 Å². The van der Waals surface area contributed by atoms with E-state index in [2.05, 4.69) is 31.7 Å². The third kappa shape index (κ3) is 5.07.